The van der Waals surface area contributed by atoms with Crippen molar-refractivity contribution >= 4 is 17.8 Å². The van der Waals surface area contributed by atoms with E-state index in [0.29, 0.717) is 32.2 Å². The molecular formula is C18H24N2O4. The average Bonchev–Trinajstić information content (AvgIpc) is 2.90. The first-order chi connectivity index (χ1) is 11.4. The highest BCUT2D eigenvalue weighted by atomic mass is 16.4. The van der Waals surface area contributed by atoms with E-state index in [2.05, 4.69) is 5.32 Å². The lowest BCUT2D eigenvalue weighted by atomic mass is 10.1. The van der Waals surface area contributed by atoms with Gasteiger partial charge >= 0.3 is 5.97 Å². The van der Waals surface area contributed by atoms with Gasteiger partial charge in [-0.05, 0) is 25.3 Å². The summed E-state index contributed by atoms with van der Waals surface area (Å²) < 4.78 is 0. The lowest BCUT2D eigenvalue weighted by Crippen LogP contribution is -2.49. The van der Waals surface area contributed by atoms with Crippen molar-refractivity contribution in [3.63, 3.8) is 0 Å². The fraction of sp³-hybridized carbons (Fsp3) is 0.500. The van der Waals surface area contributed by atoms with E-state index < -0.39 is 18.1 Å². The van der Waals surface area contributed by atoms with Gasteiger partial charge in [0.2, 0.25) is 11.8 Å². The summed E-state index contributed by atoms with van der Waals surface area (Å²) in [6.45, 7) is 4.22. The van der Waals surface area contributed by atoms with Crippen molar-refractivity contribution in [1.29, 1.82) is 0 Å². The Labute approximate surface area is 141 Å². The molecule has 0 saturated carbocycles. The monoisotopic (exact) mass is 332 g/mol. The Morgan fingerprint density at radius 3 is 2.58 bits per heavy atom. The minimum Gasteiger partial charge on any atom is -0.480 e. The van der Waals surface area contributed by atoms with Crippen LogP contribution in [0.4, 0.5) is 0 Å². The number of benzene rings is 1. The van der Waals surface area contributed by atoms with Crippen LogP contribution in [0.3, 0.4) is 0 Å². The minimum atomic E-state index is -1.04. The molecule has 24 heavy (non-hydrogen) atoms. The second kappa shape index (κ2) is 7.95. The van der Waals surface area contributed by atoms with Crippen molar-refractivity contribution in [2.75, 3.05) is 0 Å². The molecule has 1 aliphatic heterocycles. The summed E-state index contributed by atoms with van der Waals surface area (Å²) in [6.07, 6.45) is 1.78. The predicted molar refractivity (Wildman–Crippen MR) is 89.2 cm³/mol. The number of aliphatic carboxylic acids is 1. The fourth-order valence-corrected chi connectivity index (χ4v) is 2.91. The highest BCUT2D eigenvalue weighted by Crippen LogP contribution is 2.22. The van der Waals surface area contributed by atoms with Crippen LogP contribution in [0.25, 0.3) is 0 Å². The quantitative estimate of drug-likeness (QED) is 0.798. The molecule has 130 valence electrons. The first kappa shape index (κ1) is 18.0. The van der Waals surface area contributed by atoms with Crippen molar-refractivity contribution in [2.45, 2.75) is 58.2 Å². The first-order valence-electron chi connectivity index (χ1n) is 8.30. The highest BCUT2D eigenvalue weighted by Gasteiger charge is 2.37. The van der Waals surface area contributed by atoms with Crippen LogP contribution in [-0.4, -0.2) is 39.9 Å². The largest absolute Gasteiger partial charge is 0.480 e. The molecule has 2 atom stereocenters. The van der Waals surface area contributed by atoms with Crippen LogP contribution in [0.15, 0.2) is 24.3 Å². The number of likely N-dealkylation sites (tertiary alicyclic amines) is 1. The summed E-state index contributed by atoms with van der Waals surface area (Å²) in [5, 5.41) is 11.8. The summed E-state index contributed by atoms with van der Waals surface area (Å²) in [6, 6.07) is 6.30. The van der Waals surface area contributed by atoms with E-state index in [4.69, 9.17) is 0 Å². The molecule has 0 aromatic heterocycles. The number of carboxylic acids is 1. The third-order valence-electron chi connectivity index (χ3n) is 4.30. The molecule has 2 N–H and O–H groups in total. The molecule has 0 unspecified atom stereocenters. The van der Waals surface area contributed by atoms with E-state index in [1.54, 1.807) is 4.90 Å². The number of carbonyl (C=O) groups is 3. The second-order valence-electron chi connectivity index (χ2n) is 6.25. The molecule has 2 amide bonds. The smallest absolute Gasteiger partial charge is 0.326 e. The van der Waals surface area contributed by atoms with Gasteiger partial charge < -0.3 is 15.3 Å². The summed E-state index contributed by atoms with van der Waals surface area (Å²) >= 11 is 0. The van der Waals surface area contributed by atoms with Gasteiger partial charge in [0, 0.05) is 13.0 Å². The van der Waals surface area contributed by atoms with Crippen LogP contribution in [0.2, 0.25) is 0 Å². The molecule has 6 nitrogen and oxygen atoms in total. The zero-order valence-electron chi connectivity index (χ0n) is 14.1. The van der Waals surface area contributed by atoms with Gasteiger partial charge in [0.05, 0.1) is 0 Å². The number of aryl methyl sites for hydroxylation is 1. The number of nitrogens with one attached hydrogen (secondary N) is 1. The third kappa shape index (κ3) is 4.34. The second-order valence-corrected chi connectivity index (χ2v) is 6.25. The molecule has 1 saturated heterocycles. The van der Waals surface area contributed by atoms with Crippen LogP contribution >= 0.6 is 0 Å². The Morgan fingerprint density at radius 1 is 1.33 bits per heavy atom. The van der Waals surface area contributed by atoms with E-state index in [0.717, 1.165) is 11.1 Å². The van der Waals surface area contributed by atoms with Crippen LogP contribution in [0, 0.1) is 6.92 Å². The molecule has 1 aromatic carbocycles. The molecule has 0 bridgehead atoms. The Bertz CT molecular complexity index is 612. The van der Waals surface area contributed by atoms with Crippen LogP contribution in [0.1, 0.15) is 43.7 Å². The normalized spacial score (nSPS) is 18.5. The summed E-state index contributed by atoms with van der Waals surface area (Å²) in [7, 11) is 0. The van der Waals surface area contributed by atoms with E-state index in [1.807, 2.05) is 38.1 Å². The summed E-state index contributed by atoms with van der Waals surface area (Å²) in [4.78, 5) is 37.4. The number of hydrogen-bond donors (Lipinski definition) is 2. The van der Waals surface area contributed by atoms with Gasteiger partial charge in [-0.25, -0.2) is 4.79 Å². The van der Waals surface area contributed by atoms with Gasteiger partial charge in [0.1, 0.15) is 12.1 Å². The molecule has 6 heteroatoms. The maximum Gasteiger partial charge on any atom is 0.326 e. The molecule has 1 aromatic rings. The van der Waals surface area contributed by atoms with Crippen molar-refractivity contribution < 1.29 is 19.5 Å². The Morgan fingerprint density at radius 2 is 2.00 bits per heavy atom. The Balaban J connectivity index is 2.07. The zero-order valence-corrected chi connectivity index (χ0v) is 14.1. The molecule has 1 fully saturated rings. The van der Waals surface area contributed by atoms with Crippen LogP contribution in [0.5, 0.6) is 0 Å². The van der Waals surface area contributed by atoms with Crippen LogP contribution in [-0.2, 0) is 20.9 Å². The van der Waals surface area contributed by atoms with E-state index in [-0.39, 0.29) is 11.8 Å². The van der Waals surface area contributed by atoms with Crippen molar-refractivity contribution in [1.82, 2.24) is 10.2 Å². The lowest BCUT2D eigenvalue weighted by Gasteiger charge is -2.25. The van der Waals surface area contributed by atoms with Crippen molar-refractivity contribution in [3.8, 4) is 0 Å². The summed E-state index contributed by atoms with van der Waals surface area (Å²) in [5.41, 5.74) is 2.08. The molecular weight excluding hydrogens is 308 g/mol. The predicted octanol–water partition coefficient (Wildman–Crippen LogP) is 1.86. The number of carboxylic acid groups (broad SMARTS) is 1. The Hall–Kier alpha value is -2.37. The number of rotatable bonds is 7. The lowest BCUT2D eigenvalue weighted by molar-refractivity contribution is -0.143. The minimum absolute atomic E-state index is 0.0712. The molecule has 0 spiro atoms. The first-order valence-corrected chi connectivity index (χ1v) is 8.30. The van der Waals surface area contributed by atoms with Gasteiger partial charge in [0.15, 0.2) is 0 Å². The SMILES string of the molecule is CCC[C@H](NC(=O)[C@H]1CCC(=O)N1Cc1ccc(C)cc1)C(=O)O. The number of nitrogens with zero attached hydrogens (tertiary/aromatic N) is 1. The summed E-state index contributed by atoms with van der Waals surface area (Å²) in [5.74, 6) is -1.49. The third-order valence-corrected chi connectivity index (χ3v) is 4.30. The molecule has 1 aliphatic rings. The van der Waals surface area contributed by atoms with E-state index in [1.165, 1.54) is 0 Å². The molecule has 2 rings (SSSR count). The van der Waals surface area contributed by atoms with E-state index in [9.17, 15) is 19.5 Å². The van der Waals surface area contributed by atoms with Gasteiger partial charge in [0.25, 0.3) is 0 Å². The Kier molecular flexibility index (Phi) is 5.95. The van der Waals surface area contributed by atoms with Gasteiger partial charge in [-0.3, -0.25) is 9.59 Å². The van der Waals surface area contributed by atoms with Gasteiger partial charge in [-0.15, -0.1) is 0 Å². The average molecular weight is 332 g/mol. The number of hydrogen-bond acceptors (Lipinski definition) is 3. The fourth-order valence-electron chi connectivity index (χ4n) is 2.91. The van der Waals surface area contributed by atoms with Crippen molar-refractivity contribution in [3.05, 3.63) is 35.4 Å². The standard InChI is InChI=1S/C18H24N2O4/c1-3-4-14(18(23)24)19-17(22)15-9-10-16(21)20(15)11-13-7-5-12(2)6-8-13/h5-8,14-15H,3-4,9-11H2,1-2H3,(H,19,22)(H,23,24)/t14-,15+/m0/s1. The zero-order chi connectivity index (χ0) is 17.7. The maximum absolute atomic E-state index is 12.5. The van der Waals surface area contributed by atoms with Gasteiger partial charge in [-0.2, -0.15) is 0 Å². The molecule has 1 heterocycles. The van der Waals surface area contributed by atoms with Crippen molar-refractivity contribution in [2.24, 2.45) is 0 Å². The maximum atomic E-state index is 12.5. The number of amides is 2. The highest BCUT2D eigenvalue weighted by molar-refractivity contribution is 5.92. The molecule has 0 aliphatic carbocycles. The number of carbonyl (C=O) groups excluding carboxylic acids is 2. The van der Waals surface area contributed by atoms with E-state index >= 15 is 0 Å². The van der Waals surface area contributed by atoms with Gasteiger partial charge in [-0.1, -0.05) is 43.2 Å². The topological polar surface area (TPSA) is 86.7 Å². The molecule has 0 radical (unpaired) electrons. The van der Waals surface area contributed by atoms with Crippen LogP contribution < -0.4 is 5.32 Å².